The molecule has 0 aliphatic carbocycles. The maximum atomic E-state index is 10.7. The van der Waals surface area contributed by atoms with Gasteiger partial charge in [-0.2, -0.15) is 0 Å². The number of unbranched alkanes of at least 4 members (excludes halogenated alkanes) is 14. The third-order valence-electron chi connectivity index (χ3n) is 4.42. The SMILES string of the molecule is C=CC(=O)OCCCCCCCCCC.CCCCCCCCCCO. The van der Waals surface area contributed by atoms with E-state index in [1.165, 1.54) is 89.5 Å². The summed E-state index contributed by atoms with van der Waals surface area (Å²) in [5.74, 6) is -0.307. The predicted molar refractivity (Wildman–Crippen MR) is 113 cm³/mol. The summed E-state index contributed by atoms with van der Waals surface area (Å²) in [5, 5.41) is 8.51. The van der Waals surface area contributed by atoms with Gasteiger partial charge in [0.05, 0.1) is 6.61 Å². The Bertz CT molecular complexity index is 269. The van der Waals surface area contributed by atoms with Crippen molar-refractivity contribution in [2.45, 2.75) is 117 Å². The monoisotopic (exact) mass is 370 g/mol. The number of rotatable bonds is 18. The first-order chi connectivity index (χ1) is 12.7. The number of ether oxygens (including phenoxy) is 1. The van der Waals surface area contributed by atoms with Gasteiger partial charge < -0.3 is 9.84 Å². The number of carbonyl (C=O) groups excluding carboxylic acids is 1. The molecule has 0 spiro atoms. The van der Waals surface area contributed by atoms with Crippen LogP contribution in [0.15, 0.2) is 12.7 Å². The van der Waals surface area contributed by atoms with Crippen LogP contribution < -0.4 is 0 Å². The highest BCUT2D eigenvalue weighted by molar-refractivity contribution is 5.81. The van der Waals surface area contributed by atoms with Gasteiger partial charge in [-0.25, -0.2) is 4.79 Å². The van der Waals surface area contributed by atoms with Crippen LogP contribution in [0.25, 0.3) is 0 Å². The minimum atomic E-state index is -0.307. The van der Waals surface area contributed by atoms with Gasteiger partial charge >= 0.3 is 5.97 Å². The zero-order valence-corrected chi connectivity index (χ0v) is 17.8. The Kier molecular flexibility index (Phi) is 27.8. The standard InChI is InChI=1S/C13H24O2.C10H22O/c1-3-5-6-7-8-9-10-11-12-15-13(14)4-2;1-2-3-4-5-6-7-8-9-10-11/h4H,2-3,5-12H2,1H3;11H,2-10H2,1H3. The predicted octanol–water partition coefficient (Wildman–Crippen LogP) is 6.98. The van der Waals surface area contributed by atoms with Gasteiger partial charge in [0.15, 0.2) is 0 Å². The van der Waals surface area contributed by atoms with Crippen molar-refractivity contribution >= 4 is 5.97 Å². The molecular formula is C23H46O3. The van der Waals surface area contributed by atoms with Gasteiger partial charge in [-0.15, -0.1) is 0 Å². The average molecular weight is 371 g/mol. The summed E-state index contributed by atoms with van der Waals surface area (Å²) < 4.78 is 4.88. The van der Waals surface area contributed by atoms with E-state index in [1.54, 1.807) is 0 Å². The van der Waals surface area contributed by atoms with Crippen molar-refractivity contribution in [3.63, 3.8) is 0 Å². The molecule has 0 bridgehead atoms. The first kappa shape index (κ1) is 27.4. The Labute approximate surface area is 163 Å². The molecule has 3 nitrogen and oxygen atoms in total. The van der Waals surface area contributed by atoms with E-state index < -0.39 is 0 Å². The van der Waals surface area contributed by atoms with Crippen LogP contribution in [0.3, 0.4) is 0 Å². The maximum Gasteiger partial charge on any atom is 0.330 e. The molecule has 0 aliphatic heterocycles. The highest BCUT2D eigenvalue weighted by Gasteiger charge is 1.95. The van der Waals surface area contributed by atoms with Gasteiger partial charge in [0.25, 0.3) is 0 Å². The molecular weight excluding hydrogens is 324 g/mol. The summed E-state index contributed by atoms with van der Waals surface area (Å²) in [5.41, 5.74) is 0. The molecule has 0 amide bonds. The molecule has 0 atom stereocenters. The van der Waals surface area contributed by atoms with Crippen molar-refractivity contribution in [1.29, 1.82) is 0 Å². The number of carbonyl (C=O) groups is 1. The first-order valence-electron chi connectivity index (χ1n) is 11.1. The molecule has 0 fully saturated rings. The van der Waals surface area contributed by atoms with E-state index in [4.69, 9.17) is 9.84 Å². The maximum absolute atomic E-state index is 10.7. The molecule has 0 aromatic carbocycles. The number of aliphatic hydroxyl groups is 1. The molecule has 0 saturated heterocycles. The summed E-state index contributed by atoms with van der Waals surface area (Å²) in [4.78, 5) is 10.7. The largest absolute Gasteiger partial charge is 0.463 e. The second-order valence-corrected chi connectivity index (χ2v) is 7.04. The molecule has 1 N–H and O–H groups in total. The summed E-state index contributed by atoms with van der Waals surface area (Å²) in [6.07, 6.45) is 21.7. The minimum Gasteiger partial charge on any atom is -0.463 e. The van der Waals surface area contributed by atoms with Crippen LogP contribution in [0.1, 0.15) is 117 Å². The van der Waals surface area contributed by atoms with E-state index in [2.05, 4.69) is 20.4 Å². The fourth-order valence-corrected chi connectivity index (χ4v) is 2.71. The zero-order chi connectivity index (χ0) is 19.7. The lowest BCUT2D eigenvalue weighted by Crippen LogP contribution is -2.01. The molecule has 0 aromatic heterocycles. The summed E-state index contributed by atoms with van der Waals surface area (Å²) >= 11 is 0. The third kappa shape index (κ3) is 28.0. The number of hydrogen-bond acceptors (Lipinski definition) is 3. The van der Waals surface area contributed by atoms with Crippen LogP contribution in [-0.4, -0.2) is 24.3 Å². The van der Waals surface area contributed by atoms with Crippen molar-refractivity contribution < 1.29 is 14.6 Å². The van der Waals surface area contributed by atoms with Crippen LogP contribution in [0.2, 0.25) is 0 Å². The van der Waals surface area contributed by atoms with E-state index in [-0.39, 0.29) is 5.97 Å². The van der Waals surface area contributed by atoms with Crippen molar-refractivity contribution in [3.8, 4) is 0 Å². The second kappa shape index (κ2) is 26.4. The minimum absolute atomic E-state index is 0.307. The smallest absolute Gasteiger partial charge is 0.330 e. The van der Waals surface area contributed by atoms with Gasteiger partial charge in [-0.3, -0.25) is 0 Å². The zero-order valence-electron chi connectivity index (χ0n) is 17.8. The molecule has 0 saturated carbocycles. The average Bonchev–Trinajstić information content (AvgIpc) is 2.66. The molecule has 3 heteroatoms. The first-order valence-corrected chi connectivity index (χ1v) is 11.1. The van der Waals surface area contributed by atoms with Gasteiger partial charge in [0, 0.05) is 12.7 Å². The van der Waals surface area contributed by atoms with Crippen LogP contribution in [0.4, 0.5) is 0 Å². The lowest BCUT2D eigenvalue weighted by molar-refractivity contribution is -0.137. The quantitative estimate of drug-likeness (QED) is 0.161. The van der Waals surface area contributed by atoms with Gasteiger partial charge in [-0.1, -0.05) is 110 Å². The van der Waals surface area contributed by atoms with E-state index in [1.807, 2.05) is 0 Å². The topological polar surface area (TPSA) is 46.5 Å². The summed E-state index contributed by atoms with van der Waals surface area (Å²) in [6, 6.07) is 0. The van der Waals surface area contributed by atoms with Gasteiger partial charge in [0.2, 0.25) is 0 Å². The Morgan fingerprint density at radius 1 is 0.731 bits per heavy atom. The van der Waals surface area contributed by atoms with Crippen molar-refractivity contribution in [2.75, 3.05) is 13.2 Å². The molecule has 0 aromatic rings. The van der Waals surface area contributed by atoms with Crippen LogP contribution in [-0.2, 0) is 9.53 Å². The lowest BCUT2D eigenvalue weighted by Gasteiger charge is -2.02. The summed E-state index contributed by atoms with van der Waals surface area (Å²) in [7, 11) is 0. The summed E-state index contributed by atoms with van der Waals surface area (Å²) in [6.45, 7) is 8.73. The number of hydrogen-bond donors (Lipinski definition) is 1. The van der Waals surface area contributed by atoms with Crippen LogP contribution >= 0.6 is 0 Å². The number of esters is 1. The van der Waals surface area contributed by atoms with E-state index in [0.717, 1.165) is 19.3 Å². The molecule has 0 radical (unpaired) electrons. The normalized spacial score (nSPS) is 10.1. The van der Waals surface area contributed by atoms with Gasteiger partial charge in [0.1, 0.15) is 0 Å². The highest BCUT2D eigenvalue weighted by Crippen LogP contribution is 2.08. The second-order valence-electron chi connectivity index (χ2n) is 7.04. The van der Waals surface area contributed by atoms with E-state index in [9.17, 15) is 4.79 Å². The molecule has 0 heterocycles. The Morgan fingerprint density at radius 3 is 1.50 bits per heavy atom. The van der Waals surface area contributed by atoms with Crippen molar-refractivity contribution in [3.05, 3.63) is 12.7 Å². The Hall–Kier alpha value is -0.830. The lowest BCUT2D eigenvalue weighted by atomic mass is 10.1. The van der Waals surface area contributed by atoms with Crippen molar-refractivity contribution in [2.24, 2.45) is 0 Å². The fraction of sp³-hybridized carbons (Fsp3) is 0.870. The third-order valence-corrected chi connectivity index (χ3v) is 4.42. The molecule has 0 aliphatic rings. The Morgan fingerprint density at radius 2 is 1.12 bits per heavy atom. The number of aliphatic hydroxyl groups excluding tert-OH is 1. The fourth-order valence-electron chi connectivity index (χ4n) is 2.71. The van der Waals surface area contributed by atoms with Crippen molar-refractivity contribution in [1.82, 2.24) is 0 Å². The molecule has 0 rings (SSSR count). The highest BCUT2D eigenvalue weighted by atomic mass is 16.5. The van der Waals surface area contributed by atoms with Crippen LogP contribution in [0, 0.1) is 0 Å². The molecule has 26 heavy (non-hydrogen) atoms. The van der Waals surface area contributed by atoms with E-state index >= 15 is 0 Å². The van der Waals surface area contributed by atoms with Crippen LogP contribution in [0.5, 0.6) is 0 Å². The van der Waals surface area contributed by atoms with Gasteiger partial charge in [-0.05, 0) is 12.8 Å². The van der Waals surface area contributed by atoms with E-state index in [0.29, 0.717) is 13.2 Å². The molecule has 156 valence electrons. The Balaban J connectivity index is 0. The molecule has 0 unspecified atom stereocenters.